The molecule has 2 nitrogen and oxygen atoms in total. The summed E-state index contributed by atoms with van der Waals surface area (Å²) in [4.78, 5) is 10.6. The molecule has 1 N–H and O–H groups in total. The summed E-state index contributed by atoms with van der Waals surface area (Å²) >= 11 is 0. The van der Waals surface area contributed by atoms with Crippen molar-refractivity contribution in [2.24, 2.45) is 0 Å². The van der Waals surface area contributed by atoms with Crippen LogP contribution in [0.3, 0.4) is 0 Å². The fourth-order valence-corrected chi connectivity index (χ4v) is 2.98. The number of aldehydes is 1. The maximum absolute atomic E-state index is 12.8. The largest absolute Gasteiger partial charge is 0.385 e. The second-order valence-corrected chi connectivity index (χ2v) is 6.88. The van der Waals surface area contributed by atoms with E-state index in [2.05, 4.69) is 17.5 Å². The van der Waals surface area contributed by atoms with E-state index >= 15 is 0 Å². The second-order valence-electron chi connectivity index (χ2n) is 6.88. The van der Waals surface area contributed by atoms with Crippen molar-refractivity contribution in [1.82, 2.24) is 0 Å². The molecule has 0 saturated carbocycles. The molecule has 144 valence electrons. The average molecular weight is 368 g/mol. The van der Waals surface area contributed by atoms with E-state index in [1.165, 1.54) is 57.1 Å². The number of rotatable bonds is 13. The predicted molar refractivity (Wildman–Crippen MR) is 113 cm³/mol. The zero-order valence-corrected chi connectivity index (χ0v) is 16.0. The van der Waals surface area contributed by atoms with Gasteiger partial charge in [-0.1, -0.05) is 56.4 Å². The molecule has 0 bridgehead atoms. The predicted octanol–water partition coefficient (Wildman–Crippen LogP) is 6.88. The van der Waals surface area contributed by atoms with Crippen molar-refractivity contribution in [2.75, 3.05) is 11.9 Å². The van der Waals surface area contributed by atoms with E-state index in [0.29, 0.717) is 5.56 Å². The molecular formula is C24H30FNO. The Morgan fingerprint density at radius 1 is 0.741 bits per heavy atom. The maximum atomic E-state index is 12.8. The molecule has 2 aromatic rings. The summed E-state index contributed by atoms with van der Waals surface area (Å²) < 4.78 is 12.8. The summed E-state index contributed by atoms with van der Waals surface area (Å²) in [6, 6.07) is 14.2. The van der Waals surface area contributed by atoms with Crippen LogP contribution in [0.2, 0.25) is 0 Å². The van der Waals surface area contributed by atoms with E-state index in [0.717, 1.165) is 30.5 Å². The number of halogens is 1. The van der Waals surface area contributed by atoms with Crippen LogP contribution in [-0.2, 0) is 0 Å². The van der Waals surface area contributed by atoms with Gasteiger partial charge in [0.15, 0.2) is 0 Å². The highest BCUT2D eigenvalue weighted by Crippen LogP contribution is 2.12. The van der Waals surface area contributed by atoms with Crippen LogP contribution in [0.25, 0.3) is 6.08 Å². The zero-order valence-electron chi connectivity index (χ0n) is 16.0. The number of hydrogen-bond donors (Lipinski definition) is 1. The van der Waals surface area contributed by atoms with Crippen molar-refractivity contribution in [3.05, 3.63) is 71.6 Å². The van der Waals surface area contributed by atoms with E-state index in [-0.39, 0.29) is 5.82 Å². The van der Waals surface area contributed by atoms with Crippen LogP contribution in [0.5, 0.6) is 0 Å². The van der Waals surface area contributed by atoms with Gasteiger partial charge in [-0.05, 0) is 61.2 Å². The molecule has 0 unspecified atom stereocenters. The van der Waals surface area contributed by atoms with Crippen LogP contribution in [0.4, 0.5) is 10.1 Å². The molecule has 0 radical (unpaired) electrons. The first-order valence-corrected chi connectivity index (χ1v) is 9.99. The van der Waals surface area contributed by atoms with E-state index in [1.807, 2.05) is 24.3 Å². The molecule has 0 aliphatic carbocycles. The summed E-state index contributed by atoms with van der Waals surface area (Å²) in [6.07, 6.45) is 15.0. The molecule has 0 spiro atoms. The Morgan fingerprint density at radius 3 is 2.00 bits per heavy atom. The zero-order chi connectivity index (χ0) is 19.2. The minimum Gasteiger partial charge on any atom is -0.385 e. The lowest BCUT2D eigenvalue weighted by atomic mass is 10.1. The Hall–Kier alpha value is -2.42. The molecule has 0 saturated heterocycles. The highest BCUT2D eigenvalue weighted by atomic mass is 19.1. The molecule has 0 aromatic heterocycles. The lowest BCUT2D eigenvalue weighted by Gasteiger charge is -2.06. The van der Waals surface area contributed by atoms with Crippen molar-refractivity contribution < 1.29 is 9.18 Å². The Balaban J connectivity index is 1.40. The molecule has 2 aromatic carbocycles. The summed E-state index contributed by atoms with van der Waals surface area (Å²) in [5.74, 6) is -0.184. The van der Waals surface area contributed by atoms with Gasteiger partial charge in [-0.25, -0.2) is 4.39 Å². The Labute approximate surface area is 162 Å². The van der Waals surface area contributed by atoms with Crippen LogP contribution < -0.4 is 5.32 Å². The number of anilines is 1. The van der Waals surface area contributed by atoms with Gasteiger partial charge in [-0.15, -0.1) is 0 Å². The van der Waals surface area contributed by atoms with Crippen molar-refractivity contribution >= 4 is 18.0 Å². The summed E-state index contributed by atoms with van der Waals surface area (Å²) in [6.45, 7) is 0.981. The van der Waals surface area contributed by atoms with Gasteiger partial charge in [0.1, 0.15) is 12.1 Å². The minimum atomic E-state index is -0.184. The number of allylic oxidation sites excluding steroid dienone is 1. The van der Waals surface area contributed by atoms with Crippen molar-refractivity contribution in [3.63, 3.8) is 0 Å². The third-order valence-electron chi connectivity index (χ3n) is 4.60. The normalized spacial score (nSPS) is 11.0. The minimum absolute atomic E-state index is 0.184. The van der Waals surface area contributed by atoms with Crippen molar-refractivity contribution in [2.45, 2.75) is 51.4 Å². The van der Waals surface area contributed by atoms with E-state index < -0.39 is 0 Å². The molecule has 2 rings (SSSR count). The molecule has 27 heavy (non-hydrogen) atoms. The monoisotopic (exact) mass is 367 g/mol. The molecular weight excluding hydrogens is 337 g/mol. The smallest absolute Gasteiger partial charge is 0.150 e. The fraction of sp³-hybridized carbons (Fsp3) is 0.375. The first kappa shape index (κ1) is 20.9. The third-order valence-corrected chi connectivity index (χ3v) is 4.60. The van der Waals surface area contributed by atoms with Crippen LogP contribution in [0.1, 0.15) is 67.3 Å². The lowest BCUT2D eigenvalue weighted by molar-refractivity contribution is 0.112. The van der Waals surface area contributed by atoms with Gasteiger partial charge >= 0.3 is 0 Å². The molecule has 0 aliphatic heterocycles. The summed E-state index contributed by atoms with van der Waals surface area (Å²) in [5, 5.41) is 3.39. The number of hydrogen-bond acceptors (Lipinski definition) is 2. The Bertz CT molecular complexity index is 677. The molecule has 0 heterocycles. The first-order chi connectivity index (χ1) is 13.3. The van der Waals surface area contributed by atoms with Crippen LogP contribution in [0.15, 0.2) is 54.6 Å². The highest BCUT2D eigenvalue weighted by molar-refractivity contribution is 5.75. The lowest BCUT2D eigenvalue weighted by Crippen LogP contribution is -2.01. The molecule has 3 heteroatoms. The first-order valence-electron chi connectivity index (χ1n) is 9.99. The van der Waals surface area contributed by atoms with E-state index in [9.17, 15) is 9.18 Å². The van der Waals surface area contributed by atoms with Crippen LogP contribution >= 0.6 is 0 Å². The van der Waals surface area contributed by atoms with Gasteiger partial charge in [-0.3, -0.25) is 4.79 Å². The fourth-order valence-electron chi connectivity index (χ4n) is 2.98. The highest BCUT2D eigenvalue weighted by Gasteiger charge is 1.95. The van der Waals surface area contributed by atoms with E-state index in [1.54, 1.807) is 12.1 Å². The number of unbranched alkanes of at least 4 members (excludes halogenated alkanes) is 7. The third kappa shape index (κ3) is 9.18. The number of carbonyl (C=O) groups excluding carboxylic acids is 1. The molecule has 0 amide bonds. The maximum Gasteiger partial charge on any atom is 0.150 e. The SMILES string of the molecule is O=Cc1ccc(NCCCCCCCCCC=Cc2ccc(F)cc2)cc1. The van der Waals surface area contributed by atoms with Gasteiger partial charge in [0.05, 0.1) is 0 Å². The topological polar surface area (TPSA) is 29.1 Å². The van der Waals surface area contributed by atoms with Crippen LogP contribution in [-0.4, -0.2) is 12.8 Å². The Kier molecular flexibility index (Phi) is 9.95. The molecule has 0 fully saturated rings. The van der Waals surface area contributed by atoms with Gasteiger partial charge in [0, 0.05) is 17.8 Å². The van der Waals surface area contributed by atoms with Gasteiger partial charge in [0.25, 0.3) is 0 Å². The summed E-state index contributed by atoms with van der Waals surface area (Å²) in [7, 11) is 0. The van der Waals surface area contributed by atoms with Gasteiger partial charge < -0.3 is 5.32 Å². The van der Waals surface area contributed by atoms with Crippen molar-refractivity contribution in [1.29, 1.82) is 0 Å². The second kappa shape index (κ2) is 12.9. The quantitative estimate of drug-likeness (QED) is 0.309. The number of nitrogens with one attached hydrogen (secondary N) is 1. The summed E-state index contributed by atoms with van der Waals surface area (Å²) in [5.41, 5.74) is 2.85. The standard InChI is InChI=1S/C24H30FNO/c25-23-15-11-21(12-16-23)10-8-6-4-2-1-3-5-7-9-19-26-24-17-13-22(20-27)14-18-24/h8,10-18,20,26H,1-7,9,19H2. The Morgan fingerprint density at radius 2 is 1.33 bits per heavy atom. The number of benzene rings is 2. The average Bonchev–Trinajstić information content (AvgIpc) is 2.70. The molecule has 0 atom stereocenters. The van der Waals surface area contributed by atoms with Gasteiger partial charge in [-0.2, -0.15) is 0 Å². The number of carbonyl (C=O) groups is 1. The van der Waals surface area contributed by atoms with Crippen molar-refractivity contribution in [3.8, 4) is 0 Å². The van der Waals surface area contributed by atoms with Gasteiger partial charge in [0.2, 0.25) is 0 Å². The van der Waals surface area contributed by atoms with Crippen LogP contribution in [0, 0.1) is 5.82 Å². The molecule has 0 aliphatic rings. The van der Waals surface area contributed by atoms with E-state index in [4.69, 9.17) is 0 Å².